The van der Waals surface area contributed by atoms with Crippen LogP contribution < -0.4 is 5.56 Å². The van der Waals surface area contributed by atoms with E-state index in [0.29, 0.717) is 5.56 Å². The number of furan rings is 1. The molecule has 0 fully saturated rings. The second-order valence-corrected chi connectivity index (χ2v) is 2.91. The van der Waals surface area contributed by atoms with Crippen LogP contribution >= 0.6 is 0 Å². The van der Waals surface area contributed by atoms with Gasteiger partial charge in [0.2, 0.25) is 0 Å². The predicted octanol–water partition coefficient (Wildman–Crippen LogP) is 1.94. The maximum Gasteiger partial charge on any atom is 0.250 e. The molecule has 0 unspecified atom stereocenters. The van der Waals surface area contributed by atoms with Gasteiger partial charge in [-0.1, -0.05) is 0 Å². The normalized spacial score (nSPS) is 10.2. The van der Waals surface area contributed by atoms with E-state index in [1.54, 1.807) is 25.6 Å². The van der Waals surface area contributed by atoms with E-state index >= 15 is 0 Å². The van der Waals surface area contributed by atoms with Crippen LogP contribution in [0.2, 0.25) is 0 Å². The van der Waals surface area contributed by atoms with Crippen molar-refractivity contribution in [3.8, 4) is 11.1 Å². The Kier molecular flexibility index (Phi) is 1.77. The van der Waals surface area contributed by atoms with Crippen LogP contribution in [0.4, 0.5) is 0 Å². The van der Waals surface area contributed by atoms with Gasteiger partial charge in [0.05, 0.1) is 12.5 Å². The second-order valence-electron chi connectivity index (χ2n) is 2.91. The Morgan fingerprint density at radius 3 is 2.85 bits per heavy atom. The summed E-state index contributed by atoms with van der Waals surface area (Å²) in [5.74, 6) is 0. The quantitative estimate of drug-likeness (QED) is 0.719. The third-order valence-corrected chi connectivity index (χ3v) is 1.94. The van der Waals surface area contributed by atoms with Crippen molar-refractivity contribution >= 4 is 0 Å². The molecule has 0 atom stereocenters. The minimum absolute atomic E-state index is 0.0488. The molecule has 0 aromatic carbocycles. The summed E-state index contributed by atoms with van der Waals surface area (Å²) in [7, 11) is 0. The van der Waals surface area contributed by atoms with Crippen LogP contribution in [0.5, 0.6) is 0 Å². The number of H-pyrrole nitrogens is 1. The van der Waals surface area contributed by atoms with E-state index in [1.165, 1.54) is 0 Å². The molecule has 0 aliphatic heterocycles. The molecule has 2 aromatic rings. The molecule has 3 nitrogen and oxygen atoms in total. The average molecular weight is 175 g/mol. The molecule has 3 heteroatoms. The summed E-state index contributed by atoms with van der Waals surface area (Å²) in [6.45, 7) is 1.78. The smallest absolute Gasteiger partial charge is 0.250 e. The van der Waals surface area contributed by atoms with E-state index in [-0.39, 0.29) is 5.56 Å². The van der Waals surface area contributed by atoms with Gasteiger partial charge in [0.1, 0.15) is 0 Å². The van der Waals surface area contributed by atoms with Gasteiger partial charge in [-0.15, -0.1) is 0 Å². The highest BCUT2D eigenvalue weighted by Crippen LogP contribution is 2.17. The Morgan fingerprint density at radius 1 is 1.38 bits per heavy atom. The Balaban J connectivity index is 2.55. The zero-order valence-electron chi connectivity index (χ0n) is 7.20. The van der Waals surface area contributed by atoms with E-state index in [9.17, 15) is 4.79 Å². The van der Waals surface area contributed by atoms with Crippen LogP contribution in [0.1, 0.15) is 5.56 Å². The van der Waals surface area contributed by atoms with E-state index in [0.717, 1.165) is 11.1 Å². The van der Waals surface area contributed by atoms with Gasteiger partial charge < -0.3 is 9.40 Å². The van der Waals surface area contributed by atoms with Crippen molar-refractivity contribution in [3.05, 3.63) is 46.8 Å². The fourth-order valence-corrected chi connectivity index (χ4v) is 1.19. The third-order valence-electron chi connectivity index (χ3n) is 1.94. The topological polar surface area (TPSA) is 46.0 Å². The zero-order valence-corrected chi connectivity index (χ0v) is 7.20. The van der Waals surface area contributed by atoms with Gasteiger partial charge in [-0.25, -0.2) is 0 Å². The molecule has 0 aliphatic carbocycles. The molecule has 0 saturated heterocycles. The fraction of sp³-hybridized carbons (Fsp3) is 0.100. The van der Waals surface area contributed by atoms with Crippen molar-refractivity contribution < 1.29 is 4.42 Å². The van der Waals surface area contributed by atoms with E-state index < -0.39 is 0 Å². The fourth-order valence-electron chi connectivity index (χ4n) is 1.19. The Labute approximate surface area is 75.0 Å². The van der Waals surface area contributed by atoms with Crippen molar-refractivity contribution in [1.29, 1.82) is 0 Å². The molecule has 0 spiro atoms. The molecule has 0 radical (unpaired) electrons. The van der Waals surface area contributed by atoms with Crippen LogP contribution in [0.25, 0.3) is 11.1 Å². The standard InChI is InChI=1S/C10H9NO2/c1-7-4-9(5-11-10(7)12)8-2-3-13-6-8/h2-6H,1H3,(H,11,12). The van der Waals surface area contributed by atoms with Gasteiger partial charge in [-0.3, -0.25) is 4.79 Å². The summed E-state index contributed by atoms with van der Waals surface area (Å²) >= 11 is 0. The lowest BCUT2D eigenvalue weighted by molar-refractivity contribution is 0.568. The molecule has 0 amide bonds. The van der Waals surface area contributed by atoms with Crippen LogP contribution in [0, 0.1) is 6.92 Å². The highest BCUT2D eigenvalue weighted by atomic mass is 16.3. The predicted molar refractivity (Wildman–Crippen MR) is 49.5 cm³/mol. The third kappa shape index (κ3) is 1.40. The molecule has 0 aliphatic rings. The molecule has 2 rings (SSSR count). The Morgan fingerprint density at radius 2 is 2.23 bits per heavy atom. The number of rotatable bonds is 1. The first-order valence-corrected chi connectivity index (χ1v) is 3.99. The number of hydrogen-bond donors (Lipinski definition) is 1. The number of pyridine rings is 1. The lowest BCUT2D eigenvalue weighted by Gasteiger charge is -1.96. The molecule has 2 heterocycles. The van der Waals surface area contributed by atoms with Gasteiger partial charge in [-0.2, -0.15) is 0 Å². The maximum atomic E-state index is 11.1. The van der Waals surface area contributed by atoms with Crippen LogP contribution in [0.3, 0.4) is 0 Å². The number of aromatic amines is 1. The largest absolute Gasteiger partial charge is 0.472 e. The minimum Gasteiger partial charge on any atom is -0.472 e. The molecule has 0 saturated carbocycles. The van der Waals surface area contributed by atoms with E-state index in [1.807, 2.05) is 12.1 Å². The summed E-state index contributed by atoms with van der Waals surface area (Å²) in [4.78, 5) is 13.7. The first kappa shape index (κ1) is 7.86. The molecular weight excluding hydrogens is 166 g/mol. The van der Waals surface area contributed by atoms with Gasteiger partial charge in [-0.05, 0) is 19.1 Å². The summed E-state index contributed by atoms with van der Waals surface area (Å²) in [6.07, 6.45) is 4.93. The molecular formula is C10H9NO2. The molecule has 13 heavy (non-hydrogen) atoms. The summed E-state index contributed by atoms with van der Waals surface area (Å²) < 4.78 is 4.95. The average Bonchev–Trinajstić information content (AvgIpc) is 2.62. The number of hydrogen-bond acceptors (Lipinski definition) is 2. The van der Waals surface area contributed by atoms with Crippen molar-refractivity contribution in [2.75, 3.05) is 0 Å². The molecule has 66 valence electrons. The number of aromatic nitrogens is 1. The first-order valence-electron chi connectivity index (χ1n) is 3.99. The summed E-state index contributed by atoms with van der Waals surface area (Å²) in [5, 5.41) is 0. The minimum atomic E-state index is -0.0488. The molecule has 0 bridgehead atoms. The van der Waals surface area contributed by atoms with E-state index in [2.05, 4.69) is 4.98 Å². The monoisotopic (exact) mass is 175 g/mol. The number of nitrogens with one attached hydrogen (secondary N) is 1. The first-order chi connectivity index (χ1) is 6.27. The lowest BCUT2D eigenvalue weighted by Crippen LogP contribution is -2.07. The SMILES string of the molecule is Cc1cc(-c2ccoc2)c[nH]c1=O. The van der Waals surface area contributed by atoms with Crippen LogP contribution in [-0.2, 0) is 0 Å². The maximum absolute atomic E-state index is 11.1. The van der Waals surface area contributed by atoms with Gasteiger partial charge in [0.25, 0.3) is 5.56 Å². The summed E-state index contributed by atoms with van der Waals surface area (Å²) in [5.41, 5.74) is 2.59. The van der Waals surface area contributed by atoms with Crippen LogP contribution in [0.15, 0.2) is 40.1 Å². The number of aryl methyl sites for hydroxylation is 1. The van der Waals surface area contributed by atoms with Gasteiger partial charge in [0.15, 0.2) is 0 Å². The molecule has 2 aromatic heterocycles. The highest BCUT2D eigenvalue weighted by molar-refractivity contribution is 5.61. The van der Waals surface area contributed by atoms with Gasteiger partial charge in [0, 0.05) is 22.9 Å². The highest BCUT2D eigenvalue weighted by Gasteiger charge is 2.00. The Bertz CT molecular complexity index is 454. The molecule has 1 N–H and O–H groups in total. The summed E-state index contributed by atoms with van der Waals surface area (Å²) in [6, 6.07) is 3.69. The second kappa shape index (κ2) is 2.94. The lowest BCUT2D eigenvalue weighted by atomic mass is 10.1. The van der Waals surface area contributed by atoms with Crippen molar-refractivity contribution in [2.24, 2.45) is 0 Å². The van der Waals surface area contributed by atoms with Crippen molar-refractivity contribution in [2.45, 2.75) is 6.92 Å². The van der Waals surface area contributed by atoms with Crippen molar-refractivity contribution in [1.82, 2.24) is 4.98 Å². The van der Waals surface area contributed by atoms with Gasteiger partial charge >= 0.3 is 0 Å². The zero-order chi connectivity index (χ0) is 9.26. The van der Waals surface area contributed by atoms with E-state index in [4.69, 9.17) is 4.42 Å². The Hall–Kier alpha value is -1.77. The van der Waals surface area contributed by atoms with Crippen LogP contribution in [-0.4, -0.2) is 4.98 Å². The van der Waals surface area contributed by atoms with Crippen molar-refractivity contribution in [3.63, 3.8) is 0 Å².